The lowest BCUT2D eigenvalue weighted by Crippen LogP contribution is -2.54. The molecule has 4 rings (SSSR count). The smallest absolute Gasteiger partial charge is 0.336 e. The second-order valence-corrected chi connectivity index (χ2v) is 8.45. The first kappa shape index (κ1) is 25.4. The summed E-state index contributed by atoms with van der Waals surface area (Å²) in [6, 6.07) is 17.4. The van der Waals surface area contributed by atoms with Crippen molar-refractivity contribution in [3.8, 4) is 11.5 Å². The second kappa shape index (κ2) is 10.9. The van der Waals surface area contributed by atoms with E-state index >= 15 is 0 Å². The monoisotopic (exact) mass is 516 g/mol. The molecule has 3 aromatic carbocycles. The number of halogens is 1. The number of aryl methyl sites for hydroxylation is 1. The number of hydrogen-bond acceptors (Lipinski definition) is 6. The molecule has 37 heavy (non-hydrogen) atoms. The Hall–Kier alpha value is -4.69. The summed E-state index contributed by atoms with van der Waals surface area (Å²) in [5, 5.41) is 2.77. The minimum atomic E-state index is -0.829. The number of urea groups is 1. The first-order valence-electron chi connectivity index (χ1n) is 11.1. The van der Waals surface area contributed by atoms with Crippen LogP contribution in [0, 0.1) is 6.92 Å². The molecule has 0 aliphatic carbocycles. The number of benzene rings is 3. The van der Waals surface area contributed by atoms with Crippen molar-refractivity contribution in [2.45, 2.75) is 6.92 Å². The maximum atomic E-state index is 13.1. The van der Waals surface area contributed by atoms with Gasteiger partial charge in [-0.3, -0.25) is 14.9 Å². The average molecular weight is 517 g/mol. The number of carbonyl (C=O) groups is 4. The van der Waals surface area contributed by atoms with Crippen molar-refractivity contribution in [1.82, 2.24) is 5.32 Å². The van der Waals surface area contributed by atoms with E-state index in [1.54, 1.807) is 54.6 Å². The van der Waals surface area contributed by atoms with Crippen LogP contribution in [0.25, 0.3) is 12.2 Å². The van der Waals surface area contributed by atoms with Crippen LogP contribution in [-0.4, -0.2) is 30.9 Å². The van der Waals surface area contributed by atoms with E-state index in [0.717, 1.165) is 16.0 Å². The van der Waals surface area contributed by atoms with Crippen molar-refractivity contribution in [1.29, 1.82) is 0 Å². The molecule has 1 N–H and O–H groups in total. The SMILES string of the molecule is COc1cc(/C=C2\C(=O)NC(=O)N(c3cccc(C)c3)C2=O)ccc1OC(=O)/C=C/c1ccc(Cl)cc1. The van der Waals surface area contributed by atoms with Crippen LogP contribution in [0.2, 0.25) is 5.02 Å². The maximum absolute atomic E-state index is 13.1. The fourth-order valence-electron chi connectivity index (χ4n) is 3.56. The van der Waals surface area contributed by atoms with Gasteiger partial charge in [0.05, 0.1) is 12.8 Å². The molecule has 1 heterocycles. The quantitative estimate of drug-likeness (QED) is 0.215. The molecule has 9 heteroatoms. The molecule has 1 aliphatic heterocycles. The third kappa shape index (κ3) is 5.94. The van der Waals surface area contributed by atoms with Gasteiger partial charge in [-0.25, -0.2) is 14.5 Å². The number of esters is 1. The van der Waals surface area contributed by atoms with Crippen LogP contribution >= 0.6 is 11.6 Å². The van der Waals surface area contributed by atoms with Crippen molar-refractivity contribution >= 4 is 53.3 Å². The molecule has 4 amide bonds. The molecule has 1 saturated heterocycles. The number of rotatable bonds is 6. The molecule has 8 nitrogen and oxygen atoms in total. The van der Waals surface area contributed by atoms with Crippen LogP contribution in [0.5, 0.6) is 11.5 Å². The number of barbiturate groups is 1. The number of imide groups is 2. The Balaban J connectivity index is 1.55. The zero-order valence-electron chi connectivity index (χ0n) is 19.9. The fraction of sp³-hybridized carbons (Fsp3) is 0.0714. The number of hydrogen-bond donors (Lipinski definition) is 1. The van der Waals surface area contributed by atoms with E-state index in [1.165, 1.54) is 31.4 Å². The van der Waals surface area contributed by atoms with E-state index in [0.29, 0.717) is 16.3 Å². The van der Waals surface area contributed by atoms with Gasteiger partial charge in [-0.1, -0.05) is 41.9 Å². The van der Waals surface area contributed by atoms with E-state index in [9.17, 15) is 19.2 Å². The van der Waals surface area contributed by atoms with Crippen molar-refractivity contribution < 1.29 is 28.7 Å². The molecule has 0 saturated carbocycles. The zero-order valence-corrected chi connectivity index (χ0v) is 20.6. The predicted molar refractivity (Wildman–Crippen MR) is 139 cm³/mol. The highest BCUT2D eigenvalue weighted by Gasteiger charge is 2.36. The lowest BCUT2D eigenvalue weighted by Gasteiger charge is -2.26. The molecule has 0 spiro atoms. The number of carbonyl (C=O) groups excluding carboxylic acids is 4. The Morgan fingerprint density at radius 3 is 2.38 bits per heavy atom. The van der Waals surface area contributed by atoms with Gasteiger partial charge in [-0.2, -0.15) is 0 Å². The van der Waals surface area contributed by atoms with E-state index in [4.69, 9.17) is 21.1 Å². The molecular weight excluding hydrogens is 496 g/mol. The van der Waals surface area contributed by atoms with Gasteiger partial charge >= 0.3 is 12.0 Å². The number of amides is 4. The van der Waals surface area contributed by atoms with Gasteiger partial charge in [0, 0.05) is 11.1 Å². The summed E-state index contributed by atoms with van der Waals surface area (Å²) < 4.78 is 10.7. The van der Waals surface area contributed by atoms with E-state index in [-0.39, 0.29) is 17.1 Å². The Labute approximate surface area is 217 Å². The summed E-state index contributed by atoms with van der Waals surface area (Å²) in [5.41, 5.74) is 2.14. The Kier molecular flexibility index (Phi) is 7.50. The number of anilines is 1. The standard InChI is InChI=1S/C28H21ClN2O6/c1-17-4-3-5-21(14-17)31-27(34)22(26(33)30-28(31)35)15-19-8-12-23(24(16-19)36-2)37-25(32)13-9-18-6-10-20(29)11-7-18/h3-16H,1-2H3,(H,30,33,35)/b13-9+,22-15+. The Morgan fingerprint density at radius 1 is 0.946 bits per heavy atom. The predicted octanol–water partition coefficient (Wildman–Crippen LogP) is 4.94. The van der Waals surface area contributed by atoms with E-state index in [2.05, 4.69) is 5.32 Å². The van der Waals surface area contributed by atoms with Crippen LogP contribution in [0.15, 0.2) is 78.4 Å². The summed E-state index contributed by atoms with van der Waals surface area (Å²) in [5.74, 6) is -1.86. The van der Waals surface area contributed by atoms with Crippen molar-refractivity contribution in [3.05, 3.63) is 100 Å². The summed E-state index contributed by atoms with van der Waals surface area (Å²) in [7, 11) is 1.39. The third-order valence-corrected chi connectivity index (χ3v) is 5.60. The van der Waals surface area contributed by atoms with Gasteiger partial charge in [0.2, 0.25) is 0 Å². The highest BCUT2D eigenvalue weighted by Crippen LogP contribution is 2.30. The van der Waals surface area contributed by atoms with E-state index in [1.807, 2.05) is 13.0 Å². The highest BCUT2D eigenvalue weighted by molar-refractivity contribution is 6.39. The van der Waals surface area contributed by atoms with Gasteiger partial charge in [-0.15, -0.1) is 0 Å². The fourth-order valence-corrected chi connectivity index (χ4v) is 3.69. The van der Waals surface area contributed by atoms with Crippen LogP contribution in [0.1, 0.15) is 16.7 Å². The molecule has 0 radical (unpaired) electrons. The van der Waals surface area contributed by atoms with E-state index < -0.39 is 23.8 Å². The first-order chi connectivity index (χ1) is 17.7. The Morgan fingerprint density at radius 2 is 1.68 bits per heavy atom. The largest absolute Gasteiger partial charge is 0.493 e. The molecule has 3 aromatic rings. The second-order valence-electron chi connectivity index (χ2n) is 8.01. The lowest BCUT2D eigenvalue weighted by molar-refractivity contribution is -0.129. The van der Waals surface area contributed by atoms with Gasteiger partial charge in [-0.05, 0) is 72.2 Å². The maximum Gasteiger partial charge on any atom is 0.336 e. The van der Waals surface area contributed by atoms with Crippen LogP contribution in [0.3, 0.4) is 0 Å². The molecule has 1 aliphatic rings. The number of nitrogens with one attached hydrogen (secondary N) is 1. The average Bonchev–Trinajstić information content (AvgIpc) is 2.87. The summed E-state index contributed by atoms with van der Waals surface area (Å²) in [6.07, 6.45) is 4.18. The van der Waals surface area contributed by atoms with Gasteiger partial charge < -0.3 is 9.47 Å². The summed E-state index contributed by atoms with van der Waals surface area (Å²) >= 11 is 5.86. The summed E-state index contributed by atoms with van der Waals surface area (Å²) in [6.45, 7) is 1.83. The molecule has 186 valence electrons. The highest BCUT2D eigenvalue weighted by atomic mass is 35.5. The number of ether oxygens (including phenoxy) is 2. The molecule has 0 bridgehead atoms. The minimum absolute atomic E-state index is 0.145. The van der Waals surface area contributed by atoms with Gasteiger partial charge in [0.1, 0.15) is 5.57 Å². The molecular formula is C28H21ClN2O6. The topological polar surface area (TPSA) is 102 Å². The third-order valence-electron chi connectivity index (χ3n) is 5.35. The normalized spacial score (nSPS) is 14.7. The van der Waals surface area contributed by atoms with Gasteiger partial charge in [0.25, 0.3) is 11.8 Å². The molecule has 1 fully saturated rings. The lowest BCUT2D eigenvalue weighted by atomic mass is 10.1. The van der Waals surface area contributed by atoms with Crippen molar-refractivity contribution in [3.63, 3.8) is 0 Å². The first-order valence-corrected chi connectivity index (χ1v) is 11.4. The molecule has 0 atom stereocenters. The molecule has 0 unspecified atom stereocenters. The molecule has 0 aromatic heterocycles. The van der Waals surface area contributed by atoms with Crippen molar-refractivity contribution in [2.75, 3.05) is 12.0 Å². The van der Waals surface area contributed by atoms with Gasteiger partial charge in [0.15, 0.2) is 11.5 Å². The van der Waals surface area contributed by atoms with Crippen LogP contribution in [-0.2, 0) is 14.4 Å². The van der Waals surface area contributed by atoms with Crippen LogP contribution < -0.4 is 19.7 Å². The Bertz CT molecular complexity index is 1460. The van der Waals surface area contributed by atoms with Crippen molar-refractivity contribution in [2.24, 2.45) is 0 Å². The summed E-state index contributed by atoms with van der Waals surface area (Å²) in [4.78, 5) is 51.2. The van der Waals surface area contributed by atoms with Crippen LogP contribution in [0.4, 0.5) is 10.5 Å². The number of methoxy groups -OCH3 is 1. The number of nitrogens with zero attached hydrogens (tertiary/aromatic N) is 1. The zero-order chi connectivity index (χ0) is 26.5. The minimum Gasteiger partial charge on any atom is -0.493 e.